The number of amides is 1. The van der Waals surface area contributed by atoms with Gasteiger partial charge in [0.15, 0.2) is 17.3 Å². The van der Waals surface area contributed by atoms with Gasteiger partial charge in [-0.2, -0.15) is 0 Å². The molecule has 0 radical (unpaired) electrons. The summed E-state index contributed by atoms with van der Waals surface area (Å²) in [7, 11) is 0. The standard InChI is InChI=1S/C22H21BrFN5O3/c1-12(30)27-13-7-29(8-13)9-14-10-31-19-6-18-15(5-20(19)32-14)22(26-11-25-18)28-17-4-2-3-16(23)21(17)24/h2-6,11,13-14H,7-10H2,1H3,(H,27,30)(H,25,26,28)/t14-/m0/s1. The largest absolute Gasteiger partial charge is 0.486 e. The predicted octanol–water partition coefficient (Wildman–Crippen LogP) is 3.24. The Morgan fingerprint density at radius 3 is 2.94 bits per heavy atom. The molecule has 1 amide bonds. The van der Waals surface area contributed by atoms with Crippen LogP contribution in [-0.2, 0) is 4.79 Å². The van der Waals surface area contributed by atoms with Gasteiger partial charge in [0, 0.05) is 38.0 Å². The quantitative estimate of drug-likeness (QED) is 0.554. The van der Waals surface area contributed by atoms with E-state index < -0.39 is 5.82 Å². The maximum Gasteiger partial charge on any atom is 0.217 e. The molecule has 0 unspecified atom stereocenters. The van der Waals surface area contributed by atoms with Crippen molar-refractivity contribution in [1.29, 1.82) is 0 Å². The fourth-order valence-electron chi connectivity index (χ4n) is 3.97. The zero-order valence-electron chi connectivity index (χ0n) is 17.3. The minimum atomic E-state index is -0.399. The van der Waals surface area contributed by atoms with Crippen LogP contribution in [-0.4, -0.2) is 59.2 Å². The Balaban J connectivity index is 1.34. The van der Waals surface area contributed by atoms with Crippen LogP contribution in [0.5, 0.6) is 11.5 Å². The van der Waals surface area contributed by atoms with Gasteiger partial charge in [0.05, 0.1) is 21.7 Å². The molecule has 1 saturated heterocycles. The summed E-state index contributed by atoms with van der Waals surface area (Å²) in [5.74, 6) is 1.28. The second-order valence-corrected chi connectivity index (χ2v) is 8.79. The summed E-state index contributed by atoms with van der Waals surface area (Å²) in [5, 5.41) is 6.66. The first-order chi connectivity index (χ1) is 15.5. The molecular weight excluding hydrogens is 481 g/mol. The molecule has 1 atom stereocenters. The lowest BCUT2D eigenvalue weighted by molar-refractivity contribution is -0.120. The summed E-state index contributed by atoms with van der Waals surface area (Å²) < 4.78 is 26.9. The van der Waals surface area contributed by atoms with Crippen LogP contribution in [0.1, 0.15) is 6.92 Å². The summed E-state index contributed by atoms with van der Waals surface area (Å²) in [6.45, 7) is 4.25. The van der Waals surface area contributed by atoms with E-state index in [0.717, 1.165) is 13.1 Å². The molecule has 166 valence electrons. The first kappa shape index (κ1) is 20.9. The fraction of sp³-hybridized carbons (Fsp3) is 0.318. The molecule has 8 nitrogen and oxygen atoms in total. The Kier molecular flexibility index (Phi) is 5.56. The van der Waals surface area contributed by atoms with E-state index in [0.29, 0.717) is 51.5 Å². The highest BCUT2D eigenvalue weighted by molar-refractivity contribution is 9.10. The number of rotatable bonds is 5. The van der Waals surface area contributed by atoms with E-state index in [1.807, 2.05) is 12.1 Å². The van der Waals surface area contributed by atoms with E-state index in [1.165, 1.54) is 13.3 Å². The lowest BCUT2D eigenvalue weighted by Crippen LogP contribution is -2.61. The number of halogens is 2. The van der Waals surface area contributed by atoms with Crippen LogP contribution in [0.15, 0.2) is 41.1 Å². The van der Waals surface area contributed by atoms with Gasteiger partial charge in [-0.05, 0) is 34.1 Å². The SMILES string of the molecule is CC(=O)NC1CN(C[C@H]2COc3cc4ncnc(Nc5cccc(Br)c5F)c4cc3O2)C1. The predicted molar refractivity (Wildman–Crippen MR) is 121 cm³/mol. The third-order valence-corrected chi connectivity index (χ3v) is 6.06. The average molecular weight is 502 g/mol. The van der Waals surface area contributed by atoms with E-state index in [9.17, 15) is 9.18 Å². The minimum Gasteiger partial charge on any atom is -0.486 e. The minimum absolute atomic E-state index is 0.0120. The van der Waals surface area contributed by atoms with Crippen molar-refractivity contribution in [2.75, 3.05) is 31.6 Å². The highest BCUT2D eigenvalue weighted by Crippen LogP contribution is 2.38. The third kappa shape index (κ3) is 4.20. The van der Waals surface area contributed by atoms with Gasteiger partial charge >= 0.3 is 0 Å². The van der Waals surface area contributed by atoms with Crippen LogP contribution in [0, 0.1) is 5.82 Å². The van der Waals surface area contributed by atoms with Crippen molar-refractivity contribution in [2.24, 2.45) is 0 Å². The molecule has 3 aromatic rings. The first-order valence-electron chi connectivity index (χ1n) is 10.2. The van der Waals surface area contributed by atoms with E-state index >= 15 is 0 Å². The zero-order chi connectivity index (χ0) is 22.2. The van der Waals surface area contributed by atoms with Gasteiger partial charge in [-0.1, -0.05) is 6.07 Å². The molecule has 0 spiro atoms. The van der Waals surface area contributed by atoms with Crippen LogP contribution in [0.2, 0.25) is 0 Å². The summed E-state index contributed by atoms with van der Waals surface area (Å²) >= 11 is 3.20. The molecule has 1 fully saturated rings. The maximum absolute atomic E-state index is 14.4. The molecule has 0 bridgehead atoms. The Labute approximate surface area is 192 Å². The van der Waals surface area contributed by atoms with E-state index in [1.54, 1.807) is 18.2 Å². The van der Waals surface area contributed by atoms with Gasteiger partial charge in [0.1, 0.15) is 24.9 Å². The molecule has 1 aromatic heterocycles. The Morgan fingerprint density at radius 2 is 2.12 bits per heavy atom. The van der Waals surface area contributed by atoms with Crippen LogP contribution in [0.25, 0.3) is 10.9 Å². The van der Waals surface area contributed by atoms with Gasteiger partial charge in [-0.25, -0.2) is 14.4 Å². The van der Waals surface area contributed by atoms with Gasteiger partial charge in [0.2, 0.25) is 5.91 Å². The first-order valence-corrected chi connectivity index (χ1v) is 11.0. The van der Waals surface area contributed by atoms with Gasteiger partial charge in [0.25, 0.3) is 0 Å². The molecular formula is C22H21BrFN5O3. The number of anilines is 2. The average Bonchev–Trinajstić information content (AvgIpc) is 2.74. The van der Waals surface area contributed by atoms with Crippen molar-refractivity contribution in [2.45, 2.75) is 19.1 Å². The number of aromatic nitrogens is 2. The maximum atomic E-state index is 14.4. The third-order valence-electron chi connectivity index (χ3n) is 5.45. The summed E-state index contributed by atoms with van der Waals surface area (Å²) in [5.41, 5.74) is 0.971. The number of benzene rings is 2. The van der Waals surface area contributed by atoms with Gasteiger partial charge < -0.3 is 20.1 Å². The second kappa shape index (κ2) is 8.51. The number of nitrogens with zero attached hydrogens (tertiary/aromatic N) is 3. The Hall–Kier alpha value is -2.98. The van der Waals surface area contributed by atoms with Crippen LogP contribution < -0.4 is 20.1 Å². The molecule has 2 aromatic carbocycles. The van der Waals surface area contributed by atoms with Crippen LogP contribution >= 0.6 is 15.9 Å². The highest BCUT2D eigenvalue weighted by Gasteiger charge is 2.32. The van der Waals surface area contributed by atoms with Crippen molar-refractivity contribution in [3.63, 3.8) is 0 Å². The van der Waals surface area contributed by atoms with Gasteiger partial charge in [-0.3, -0.25) is 9.69 Å². The lowest BCUT2D eigenvalue weighted by Gasteiger charge is -2.41. The number of carbonyl (C=O) groups excluding carboxylic acids is 1. The Bertz CT molecular complexity index is 1190. The molecule has 10 heteroatoms. The fourth-order valence-corrected chi connectivity index (χ4v) is 4.33. The monoisotopic (exact) mass is 501 g/mol. The molecule has 2 aliphatic rings. The molecule has 2 N–H and O–H groups in total. The number of hydrogen-bond acceptors (Lipinski definition) is 7. The van der Waals surface area contributed by atoms with Crippen molar-refractivity contribution >= 4 is 44.2 Å². The zero-order valence-corrected chi connectivity index (χ0v) is 18.9. The van der Waals surface area contributed by atoms with E-state index in [-0.39, 0.29) is 18.1 Å². The second-order valence-electron chi connectivity index (χ2n) is 7.93. The number of likely N-dealkylation sites (tertiary alicyclic amines) is 1. The van der Waals surface area contributed by atoms with Crippen molar-refractivity contribution in [1.82, 2.24) is 20.2 Å². The van der Waals surface area contributed by atoms with Crippen LogP contribution in [0.4, 0.5) is 15.9 Å². The molecule has 0 saturated carbocycles. The summed E-state index contributed by atoms with van der Waals surface area (Å²) in [4.78, 5) is 22.0. The van der Waals surface area contributed by atoms with Crippen LogP contribution in [0.3, 0.4) is 0 Å². The number of carbonyl (C=O) groups is 1. The smallest absolute Gasteiger partial charge is 0.217 e. The van der Waals surface area contributed by atoms with Crippen molar-refractivity contribution in [3.8, 4) is 11.5 Å². The normalized spacial score (nSPS) is 18.3. The van der Waals surface area contributed by atoms with Gasteiger partial charge in [-0.15, -0.1) is 0 Å². The molecule has 5 rings (SSSR count). The van der Waals surface area contributed by atoms with Crippen molar-refractivity contribution < 1.29 is 18.7 Å². The number of nitrogens with one attached hydrogen (secondary N) is 2. The number of ether oxygens (including phenoxy) is 2. The van der Waals surface area contributed by atoms with E-state index in [2.05, 4.69) is 41.4 Å². The highest BCUT2D eigenvalue weighted by atomic mass is 79.9. The number of fused-ring (bicyclic) bond motifs is 2. The summed E-state index contributed by atoms with van der Waals surface area (Å²) in [6, 6.07) is 8.85. The Morgan fingerprint density at radius 1 is 1.28 bits per heavy atom. The number of hydrogen-bond donors (Lipinski definition) is 2. The lowest BCUT2D eigenvalue weighted by atomic mass is 10.1. The molecule has 3 heterocycles. The van der Waals surface area contributed by atoms with Crippen molar-refractivity contribution in [3.05, 3.63) is 46.9 Å². The molecule has 32 heavy (non-hydrogen) atoms. The summed E-state index contributed by atoms with van der Waals surface area (Å²) in [6.07, 6.45) is 1.29. The molecule has 2 aliphatic heterocycles. The molecule has 0 aliphatic carbocycles. The van der Waals surface area contributed by atoms with E-state index in [4.69, 9.17) is 9.47 Å². The topological polar surface area (TPSA) is 88.6 Å².